The molecule has 0 amide bonds. The molecule has 5 rings (SSSR count). The van der Waals surface area contributed by atoms with Gasteiger partial charge in [-0.15, -0.1) is 11.3 Å². The molecule has 0 atom stereocenters. The van der Waals surface area contributed by atoms with Crippen LogP contribution in [0.15, 0.2) is 99.0 Å². The maximum Gasteiger partial charge on any atom is 0.339 e. The van der Waals surface area contributed by atoms with Crippen LogP contribution >= 0.6 is 43.2 Å². The zero-order chi connectivity index (χ0) is 23.7. The lowest BCUT2D eigenvalue weighted by atomic mass is 10.2. The smallest absolute Gasteiger partial charge is 0.339 e. The largest absolute Gasteiger partial charge is 0.379 e. The topological polar surface area (TPSA) is 81.2 Å². The maximum atomic E-state index is 12.6. The number of nitrogens with one attached hydrogen (secondary N) is 1. The summed E-state index contributed by atoms with van der Waals surface area (Å²) < 4.78 is 33.3. The molecule has 0 radical (unpaired) electrons. The summed E-state index contributed by atoms with van der Waals surface area (Å²) in [5.74, 6) is 0.825. The quantitative estimate of drug-likeness (QED) is 0.200. The van der Waals surface area contributed by atoms with Gasteiger partial charge < -0.3 is 9.50 Å². The lowest BCUT2D eigenvalue weighted by Gasteiger charge is -2.10. The monoisotopic (exact) mass is 615 g/mol. The first kappa shape index (κ1) is 23.0. The van der Waals surface area contributed by atoms with E-state index in [9.17, 15) is 8.42 Å². The minimum absolute atomic E-state index is 0.0747. The number of aromatic nitrogens is 2. The molecule has 2 aromatic heterocycles. The fourth-order valence-electron chi connectivity index (χ4n) is 3.24. The van der Waals surface area contributed by atoms with Crippen LogP contribution in [0.25, 0.3) is 20.7 Å². The number of thiophene rings is 1. The Morgan fingerprint density at radius 1 is 0.853 bits per heavy atom. The molecule has 0 spiro atoms. The Morgan fingerprint density at radius 3 is 2.29 bits per heavy atom. The standard InChI is InChI=1S/C24H15Br2N3O3S2/c25-16-6-4-15(5-7-16)22-13-21-23(33-22)24(28-14-27-21)29-18-2-1-3-19(12-18)32-34(30,31)20-10-8-17(26)9-11-20/h1-14H,(H,27,28,29). The van der Waals surface area contributed by atoms with Crippen molar-refractivity contribution in [3.63, 3.8) is 0 Å². The number of halogens is 2. The summed E-state index contributed by atoms with van der Waals surface area (Å²) in [5.41, 5.74) is 2.55. The Kier molecular flexibility index (Phi) is 6.39. The first-order valence-electron chi connectivity index (χ1n) is 9.95. The van der Waals surface area contributed by atoms with Gasteiger partial charge in [0, 0.05) is 25.6 Å². The van der Waals surface area contributed by atoms with Crippen molar-refractivity contribution in [3.05, 3.63) is 94.1 Å². The van der Waals surface area contributed by atoms with E-state index in [0.29, 0.717) is 11.5 Å². The summed E-state index contributed by atoms with van der Waals surface area (Å²) >= 11 is 8.34. The van der Waals surface area contributed by atoms with Gasteiger partial charge in [-0.3, -0.25) is 0 Å². The average molecular weight is 617 g/mol. The number of fused-ring (bicyclic) bond motifs is 1. The van der Waals surface area contributed by atoms with Crippen LogP contribution < -0.4 is 9.50 Å². The molecule has 0 fully saturated rings. The molecule has 34 heavy (non-hydrogen) atoms. The van der Waals surface area contributed by atoms with Gasteiger partial charge in [0.2, 0.25) is 0 Å². The summed E-state index contributed by atoms with van der Waals surface area (Å²) in [6, 6.07) is 23.1. The van der Waals surface area contributed by atoms with Gasteiger partial charge in [0.25, 0.3) is 0 Å². The number of rotatable bonds is 6. The summed E-state index contributed by atoms with van der Waals surface area (Å²) in [4.78, 5) is 9.94. The predicted molar refractivity (Wildman–Crippen MR) is 142 cm³/mol. The average Bonchev–Trinajstić information content (AvgIpc) is 3.25. The molecule has 6 nitrogen and oxygen atoms in total. The number of benzene rings is 3. The van der Waals surface area contributed by atoms with E-state index in [2.05, 4.69) is 47.1 Å². The molecular weight excluding hydrogens is 602 g/mol. The Hall–Kier alpha value is -2.79. The minimum atomic E-state index is -3.96. The van der Waals surface area contributed by atoms with Crippen molar-refractivity contribution in [1.29, 1.82) is 0 Å². The van der Waals surface area contributed by atoms with E-state index in [4.69, 9.17) is 4.18 Å². The summed E-state index contributed by atoms with van der Waals surface area (Å²) in [6.07, 6.45) is 1.50. The Morgan fingerprint density at radius 2 is 1.56 bits per heavy atom. The van der Waals surface area contributed by atoms with Crippen LogP contribution in [0.1, 0.15) is 0 Å². The number of nitrogens with zero attached hydrogens (tertiary/aromatic N) is 2. The van der Waals surface area contributed by atoms with Crippen LogP contribution in [0.2, 0.25) is 0 Å². The highest BCUT2D eigenvalue weighted by Crippen LogP contribution is 2.37. The first-order valence-corrected chi connectivity index (χ1v) is 13.8. The van der Waals surface area contributed by atoms with Gasteiger partial charge in [-0.1, -0.05) is 50.1 Å². The van der Waals surface area contributed by atoms with Crippen molar-refractivity contribution in [2.75, 3.05) is 5.32 Å². The zero-order valence-electron chi connectivity index (χ0n) is 17.3. The molecule has 3 aromatic carbocycles. The molecule has 0 bridgehead atoms. The lowest BCUT2D eigenvalue weighted by molar-refractivity contribution is 0.486. The van der Waals surface area contributed by atoms with Crippen LogP contribution in [0.3, 0.4) is 0 Å². The van der Waals surface area contributed by atoms with Gasteiger partial charge in [-0.25, -0.2) is 9.97 Å². The molecule has 0 saturated heterocycles. The lowest BCUT2D eigenvalue weighted by Crippen LogP contribution is -2.09. The van der Waals surface area contributed by atoms with Gasteiger partial charge in [0.15, 0.2) is 5.82 Å². The Labute approximate surface area is 217 Å². The molecule has 1 N–H and O–H groups in total. The van der Waals surface area contributed by atoms with E-state index in [0.717, 1.165) is 29.6 Å². The highest BCUT2D eigenvalue weighted by atomic mass is 79.9. The Bertz CT molecular complexity index is 1590. The molecular formula is C24H15Br2N3O3S2. The summed E-state index contributed by atoms with van der Waals surface area (Å²) in [5, 5.41) is 3.27. The fourth-order valence-corrected chi connectivity index (χ4v) is 5.75. The zero-order valence-corrected chi connectivity index (χ0v) is 22.1. The molecule has 2 heterocycles. The molecule has 0 unspecified atom stereocenters. The van der Waals surface area contributed by atoms with Crippen molar-refractivity contribution in [2.24, 2.45) is 0 Å². The van der Waals surface area contributed by atoms with Crippen molar-refractivity contribution in [1.82, 2.24) is 9.97 Å². The second-order valence-corrected chi connectivity index (χ2v) is 11.6. The normalized spacial score (nSPS) is 11.5. The van der Waals surface area contributed by atoms with E-state index in [1.54, 1.807) is 41.7 Å². The van der Waals surface area contributed by atoms with Crippen LogP contribution in [-0.4, -0.2) is 18.4 Å². The van der Waals surface area contributed by atoms with E-state index >= 15 is 0 Å². The van der Waals surface area contributed by atoms with E-state index in [1.807, 2.05) is 36.4 Å². The molecule has 0 aliphatic rings. The third kappa shape index (κ3) is 5.00. The number of anilines is 2. The SMILES string of the molecule is O=S(=O)(Oc1cccc(Nc2ncnc3cc(-c4ccc(Br)cc4)sc23)c1)c1ccc(Br)cc1. The summed E-state index contributed by atoms with van der Waals surface area (Å²) in [7, 11) is -3.96. The number of hydrogen-bond acceptors (Lipinski definition) is 7. The van der Waals surface area contributed by atoms with Crippen LogP contribution in [0.4, 0.5) is 11.5 Å². The molecule has 0 aliphatic heterocycles. The predicted octanol–water partition coefficient (Wildman–Crippen LogP) is 7.39. The third-order valence-electron chi connectivity index (χ3n) is 4.84. The van der Waals surface area contributed by atoms with E-state index in [1.165, 1.54) is 18.5 Å². The second-order valence-electron chi connectivity index (χ2n) is 7.20. The van der Waals surface area contributed by atoms with Gasteiger partial charge in [-0.2, -0.15) is 8.42 Å². The van der Waals surface area contributed by atoms with Crippen LogP contribution in [0, 0.1) is 0 Å². The van der Waals surface area contributed by atoms with Crippen molar-refractivity contribution in [2.45, 2.75) is 4.90 Å². The first-order chi connectivity index (χ1) is 16.4. The van der Waals surface area contributed by atoms with Gasteiger partial charge >= 0.3 is 10.1 Å². The van der Waals surface area contributed by atoms with Crippen LogP contribution in [0.5, 0.6) is 5.75 Å². The Balaban J connectivity index is 1.41. The molecule has 0 aliphatic carbocycles. The summed E-state index contributed by atoms with van der Waals surface area (Å²) in [6.45, 7) is 0. The van der Waals surface area contributed by atoms with Gasteiger partial charge in [0.05, 0.1) is 10.2 Å². The molecule has 0 saturated carbocycles. The van der Waals surface area contributed by atoms with E-state index in [-0.39, 0.29) is 10.6 Å². The minimum Gasteiger partial charge on any atom is -0.379 e. The van der Waals surface area contributed by atoms with Crippen molar-refractivity contribution in [3.8, 4) is 16.2 Å². The van der Waals surface area contributed by atoms with Gasteiger partial charge in [-0.05, 0) is 60.2 Å². The maximum absolute atomic E-state index is 12.6. The van der Waals surface area contributed by atoms with Crippen LogP contribution in [-0.2, 0) is 10.1 Å². The third-order valence-corrected chi connectivity index (χ3v) is 8.34. The second kappa shape index (κ2) is 9.46. The van der Waals surface area contributed by atoms with Crippen molar-refractivity contribution >= 4 is 75.0 Å². The highest BCUT2D eigenvalue weighted by molar-refractivity contribution is 9.10. The highest BCUT2D eigenvalue weighted by Gasteiger charge is 2.17. The number of hydrogen-bond donors (Lipinski definition) is 1. The molecule has 10 heteroatoms. The van der Waals surface area contributed by atoms with E-state index < -0.39 is 10.1 Å². The van der Waals surface area contributed by atoms with Crippen molar-refractivity contribution < 1.29 is 12.6 Å². The molecule has 170 valence electrons. The van der Waals surface area contributed by atoms with Gasteiger partial charge in [0.1, 0.15) is 17.0 Å². The fraction of sp³-hybridized carbons (Fsp3) is 0. The molecule has 5 aromatic rings.